The summed E-state index contributed by atoms with van der Waals surface area (Å²) in [5, 5.41) is 8.41. The van der Waals surface area contributed by atoms with E-state index in [1.54, 1.807) is 0 Å². The van der Waals surface area contributed by atoms with Crippen molar-refractivity contribution in [3.63, 3.8) is 0 Å². The van der Waals surface area contributed by atoms with Gasteiger partial charge in [-0.15, -0.1) is 5.10 Å². The molecule has 0 aliphatic heterocycles. The first-order valence-corrected chi connectivity index (χ1v) is 6.99. The summed E-state index contributed by atoms with van der Waals surface area (Å²) in [5.74, 6) is 0.545. The minimum atomic E-state index is -0.0586. The van der Waals surface area contributed by atoms with Crippen LogP contribution in [0, 0.1) is 0 Å². The Morgan fingerprint density at radius 3 is 2.37 bits per heavy atom. The monoisotopic (exact) mass is 267 g/mol. The third-order valence-electron chi connectivity index (χ3n) is 2.99. The Hall–Kier alpha value is -1.20. The zero-order valence-electron chi connectivity index (χ0n) is 12.4. The molecule has 108 valence electrons. The number of rotatable bonds is 8. The number of ether oxygens (including phenoxy) is 2. The van der Waals surface area contributed by atoms with Gasteiger partial charge in [0.1, 0.15) is 6.10 Å². The zero-order chi connectivity index (χ0) is 14.3. The summed E-state index contributed by atoms with van der Waals surface area (Å²) >= 11 is 0. The maximum Gasteiger partial charge on any atom is 0.238 e. The number of nitrogens with zero attached hydrogens (tertiary/aromatic N) is 2. The Balaban J connectivity index is 2.94. The molecule has 0 radical (unpaired) electrons. The summed E-state index contributed by atoms with van der Waals surface area (Å²) < 4.78 is 11.1. The van der Waals surface area contributed by atoms with Crippen molar-refractivity contribution in [3.8, 4) is 5.88 Å². The van der Waals surface area contributed by atoms with E-state index in [9.17, 15) is 0 Å². The summed E-state index contributed by atoms with van der Waals surface area (Å²) in [7, 11) is 0. The topological polar surface area (TPSA) is 70.3 Å². The van der Waals surface area contributed by atoms with Gasteiger partial charge in [0.15, 0.2) is 0 Å². The van der Waals surface area contributed by atoms with Gasteiger partial charge >= 0.3 is 0 Å². The Morgan fingerprint density at radius 2 is 1.84 bits per heavy atom. The fourth-order valence-electron chi connectivity index (χ4n) is 2.04. The van der Waals surface area contributed by atoms with Crippen LogP contribution in [0.5, 0.6) is 5.88 Å². The molecule has 5 nitrogen and oxygen atoms in total. The molecule has 1 unspecified atom stereocenters. The molecule has 1 aromatic rings. The smallest absolute Gasteiger partial charge is 0.238 e. The van der Waals surface area contributed by atoms with Gasteiger partial charge in [-0.05, 0) is 32.3 Å². The van der Waals surface area contributed by atoms with Crippen molar-refractivity contribution >= 4 is 0 Å². The number of hydrogen-bond donors (Lipinski definition) is 1. The molecular formula is C14H25N3O2. The van der Waals surface area contributed by atoms with E-state index < -0.39 is 0 Å². The Labute approximate surface area is 115 Å². The maximum absolute atomic E-state index is 5.85. The molecule has 1 atom stereocenters. The van der Waals surface area contributed by atoms with Crippen LogP contribution < -0.4 is 10.5 Å². The Kier molecular flexibility index (Phi) is 6.73. The van der Waals surface area contributed by atoms with E-state index in [-0.39, 0.29) is 6.10 Å². The molecule has 0 spiro atoms. The summed E-state index contributed by atoms with van der Waals surface area (Å²) in [5.41, 5.74) is 8.99. The molecular weight excluding hydrogens is 242 g/mol. The molecule has 1 heterocycles. The molecule has 0 aromatic carbocycles. The average Bonchev–Trinajstić information content (AvgIpc) is 2.44. The minimum Gasteiger partial charge on any atom is -0.471 e. The first-order chi connectivity index (χ1) is 9.17. The molecule has 1 aromatic heterocycles. The highest BCUT2D eigenvalue weighted by Crippen LogP contribution is 2.23. The van der Waals surface area contributed by atoms with Crippen LogP contribution in [0.25, 0.3) is 0 Å². The van der Waals surface area contributed by atoms with E-state index in [0.717, 1.165) is 24.1 Å². The predicted molar refractivity (Wildman–Crippen MR) is 75.3 cm³/mol. The molecule has 0 aliphatic carbocycles. The number of hydrogen-bond acceptors (Lipinski definition) is 5. The van der Waals surface area contributed by atoms with Crippen LogP contribution in [0.4, 0.5) is 0 Å². The van der Waals surface area contributed by atoms with Crippen LogP contribution in [0.1, 0.15) is 44.5 Å². The second-order valence-electron chi connectivity index (χ2n) is 4.41. The molecule has 0 saturated carbocycles. The van der Waals surface area contributed by atoms with E-state index in [0.29, 0.717) is 25.6 Å². The van der Waals surface area contributed by atoms with Gasteiger partial charge in [0.2, 0.25) is 5.88 Å². The molecule has 0 saturated heterocycles. The van der Waals surface area contributed by atoms with Gasteiger partial charge in [0.05, 0.1) is 12.3 Å². The summed E-state index contributed by atoms with van der Waals surface area (Å²) in [4.78, 5) is 0. The van der Waals surface area contributed by atoms with Gasteiger partial charge in [-0.1, -0.05) is 13.8 Å². The van der Waals surface area contributed by atoms with Gasteiger partial charge in [-0.2, -0.15) is 5.10 Å². The highest BCUT2D eigenvalue weighted by Gasteiger charge is 2.16. The Bertz CT molecular complexity index is 397. The van der Waals surface area contributed by atoms with Crippen LogP contribution in [-0.4, -0.2) is 29.5 Å². The number of aromatic nitrogens is 2. The lowest BCUT2D eigenvalue weighted by Gasteiger charge is -2.18. The first-order valence-electron chi connectivity index (χ1n) is 6.99. The highest BCUT2D eigenvalue weighted by molar-refractivity contribution is 5.37. The SMILES string of the molecule is CCOCC(C)Oc1nnc(CC)c(CC)c1CN. The second kappa shape index (κ2) is 8.07. The fraction of sp³-hybridized carbons (Fsp3) is 0.714. The number of nitrogens with two attached hydrogens (primary N) is 1. The van der Waals surface area contributed by atoms with Gasteiger partial charge < -0.3 is 15.2 Å². The second-order valence-corrected chi connectivity index (χ2v) is 4.41. The summed E-state index contributed by atoms with van der Waals surface area (Å²) in [6.07, 6.45) is 1.69. The first kappa shape index (κ1) is 15.9. The number of aryl methyl sites for hydroxylation is 1. The van der Waals surface area contributed by atoms with E-state index >= 15 is 0 Å². The van der Waals surface area contributed by atoms with Gasteiger partial charge in [-0.25, -0.2) is 0 Å². The van der Waals surface area contributed by atoms with Gasteiger partial charge in [-0.3, -0.25) is 0 Å². The molecule has 1 rings (SSSR count). The quantitative estimate of drug-likeness (QED) is 0.778. The van der Waals surface area contributed by atoms with Gasteiger partial charge in [0, 0.05) is 18.7 Å². The van der Waals surface area contributed by atoms with Crippen molar-refractivity contribution in [1.82, 2.24) is 10.2 Å². The van der Waals surface area contributed by atoms with Crippen molar-refractivity contribution in [2.75, 3.05) is 13.2 Å². The lowest BCUT2D eigenvalue weighted by atomic mass is 10.0. The normalized spacial score (nSPS) is 12.5. The Morgan fingerprint density at radius 1 is 1.11 bits per heavy atom. The molecule has 19 heavy (non-hydrogen) atoms. The van der Waals surface area contributed by atoms with Gasteiger partial charge in [0.25, 0.3) is 0 Å². The third-order valence-corrected chi connectivity index (χ3v) is 2.99. The van der Waals surface area contributed by atoms with Crippen molar-refractivity contribution in [3.05, 3.63) is 16.8 Å². The summed E-state index contributed by atoms with van der Waals surface area (Å²) in [6.45, 7) is 9.73. The van der Waals surface area contributed by atoms with Crippen LogP contribution in [0.2, 0.25) is 0 Å². The van der Waals surface area contributed by atoms with Crippen LogP contribution >= 0.6 is 0 Å². The standard InChI is InChI=1S/C14H25N3O2/c1-5-11-12(8-15)14(17-16-13(11)6-2)19-10(4)9-18-7-3/h10H,5-9,15H2,1-4H3. The largest absolute Gasteiger partial charge is 0.471 e. The third kappa shape index (κ3) is 4.14. The van der Waals surface area contributed by atoms with Crippen LogP contribution in [-0.2, 0) is 24.1 Å². The molecule has 0 fully saturated rings. The van der Waals surface area contributed by atoms with Crippen LogP contribution in [0.3, 0.4) is 0 Å². The molecule has 0 amide bonds. The fourth-order valence-corrected chi connectivity index (χ4v) is 2.04. The van der Waals surface area contributed by atoms with Crippen molar-refractivity contribution in [1.29, 1.82) is 0 Å². The molecule has 5 heteroatoms. The molecule has 2 N–H and O–H groups in total. The summed E-state index contributed by atoms with van der Waals surface area (Å²) in [6, 6.07) is 0. The van der Waals surface area contributed by atoms with E-state index in [2.05, 4.69) is 24.0 Å². The van der Waals surface area contributed by atoms with Crippen molar-refractivity contribution in [2.45, 2.75) is 53.2 Å². The van der Waals surface area contributed by atoms with Crippen LogP contribution in [0.15, 0.2) is 0 Å². The van der Waals surface area contributed by atoms with Crippen molar-refractivity contribution < 1.29 is 9.47 Å². The highest BCUT2D eigenvalue weighted by atomic mass is 16.5. The maximum atomic E-state index is 5.85. The lowest BCUT2D eigenvalue weighted by molar-refractivity contribution is 0.0621. The van der Waals surface area contributed by atoms with E-state index in [4.69, 9.17) is 15.2 Å². The minimum absolute atomic E-state index is 0.0586. The van der Waals surface area contributed by atoms with E-state index in [1.807, 2.05) is 13.8 Å². The zero-order valence-corrected chi connectivity index (χ0v) is 12.4. The molecule has 0 aliphatic rings. The predicted octanol–water partition coefficient (Wildman–Crippen LogP) is 1.86. The lowest BCUT2D eigenvalue weighted by Crippen LogP contribution is -2.22. The average molecular weight is 267 g/mol. The molecule has 0 bridgehead atoms. The van der Waals surface area contributed by atoms with Crippen molar-refractivity contribution in [2.24, 2.45) is 5.73 Å². The van der Waals surface area contributed by atoms with E-state index in [1.165, 1.54) is 5.56 Å².